The summed E-state index contributed by atoms with van der Waals surface area (Å²) in [5.41, 5.74) is 8.58. The fraction of sp³-hybridized carbons (Fsp3) is 0.0833. The van der Waals surface area contributed by atoms with Crippen LogP contribution >= 0.6 is 0 Å². The summed E-state index contributed by atoms with van der Waals surface area (Å²) in [4.78, 5) is 4.48. The molecule has 192 valence electrons. The summed E-state index contributed by atoms with van der Waals surface area (Å²) in [6, 6.07) is 30.1. The molecule has 0 aliphatic carbocycles. The minimum absolute atomic E-state index is 0.664. The first-order valence-corrected chi connectivity index (χ1v) is 13.6. The minimum Gasteiger partial charge on any atom is -0.437 e. The fourth-order valence-electron chi connectivity index (χ4n) is 5.79. The first kappa shape index (κ1) is 24.0. The molecule has 0 atom stereocenters. The molecule has 0 radical (unpaired) electrons. The highest BCUT2D eigenvalue weighted by Crippen LogP contribution is 2.35. The van der Waals surface area contributed by atoms with Crippen molar-refractivity contribution in [3.63, 3.8) is 0 Å². The molecule has 0 unspecified atom stereocenters. The first-order valence-electron chi connectivity index (χ1n) is 13.6. The number of hydrogen-bond donors (Lipinski definition) is 0. The number of allylic oxidation sites excluding steroid dienone is 4. The number of aryl methyl sites for hydroxylation is 1. The van der Waals surface area contributed by atoms with Gasteiger partial charge in [0, 0.05) is 46.6 Å². The lowest BCUT2D eigenvalue weighted by molar-refractivity contribution is -0.700. The van der Waals surface area contributed by atoms with Gasteiger partial charge in [-0.15, -0.1) is 8.97 Å². The van der Waals surface area contributed by atoms with Crippen LogP contribution in [0, 0.1) is 6.92 Å². The first-order chi connectivity index (χ1) is 19.7. The summed E-state index contributed by atoms with van der Waals surface area (Å²) < 4.78 is 10.9. The molecule has 5 aromatic heterocycles. The molecule has 0 aliphatic heterocycles. The second kappa shape index (κ2) is 9.58. The average molecular weight is 520 g/mol. The van der Waals surface area contributed by atoms with Crippen LogP contribution in [0.25, 0.3) is 61.0 Å². The van der Waals surface area contributed by atoms with Gasteiger partial charge in [-0.2, -0.15) is 0 Å². The third-order valence-corrected chi connectivity index (χ3v) is 7.71. The minimum atomic E-state index is 0.664. The third kappa shape index (κ3) is 3.72. The van der Waals surface area contributed by atoms with E-state index in [4.69, 9.17) is 4.42 Å². The van der Waals surface area contributed by atoms with Crippen LogP contribution in [0.15, 0.2) is 126 Å². The highest BCUT2D eigenvalue weighted by molar-refractivity contribution is 6.18. The summed E-state index contributed by atoms with van der Waals surface area (Å²) in [5, 5.41) is 4.31. The van der Waals surface area contributed by atoms with Crippen molar-refractivity contribution in [3.8, 4) is 17.1 Å². The second-order valence-corrected chi connectivity index (χ2v) is 10.1. The number of aromatic nitrogens is 3. The molecular weight excluding hydrogens is 490 g/mol. The molecular formula is C36H29N3O+2. The molecule has 4 nitrogen and oxygen atoms in total. The normalized spacial score (nSPS) is 12.4. The van der Waals surface area contributed by atoms with Crippen LogP contribution in [0.1, 0.15) is 25.0 Å². The zero-order chi connectivity index (χ0) is 27.2. The van der Waals surface area contributed by atoms with Crippen LogP contribution in [0.3, 0.4) is 0 Å². The standard InChI is InChI=1S/C36H29N3O/c1-4-11-25(5-2)26-16-15-24(3)30(22-26)31-13-6-8-20-38(31)33-23-27-17-18-28-29-12-10-19-37-36(29)40-35(28)34(27)32-14-7-9-21-39(32)33/h4-23H,1-3H3/q+2/b11-4-,25-5+. The van der Waals surface area contributed by atoms with E-state index in [1.165, 1.54) is 22.3 Å². The molecule has 5 heterocycles. The molecule has 0 saturated heterocycles. The number of furan rings is 1. The van der Waals surface area contributed by atoms with Crippen molar-refractivity contribution in [1.29, 1.82) is 0 Å². The van der Waals surface area contributed by atoms with Crippen LogP contribution in [-0.4, -0.2) is 4.98 Å². The van der Waals surface area contributed by atoms with Crippen LogP contribution < -0.4 is 8.97 Å². The van der Waals surface area contributed by atoms with Crippen molar-refractivity contribution < 1.29 is 13.4 Å². The third-order valence-electron chi connectivity index (χ3n) is 7.71. The lowest BCUT2D eigenvalue weighted by Gasteiger charge is -2.09. The lowest BCUT2D eigenvalue weighted by Crippen LogP contribution is -2.44. The Bertz CT molecular complexity index is 2150. The van der Waals surface area contributed by atoms with Crippen molar-refractivity contribution in [2.45, 2.75) is 20.8 Å². The quantitative estimate of drug-likeness (QED) is 0.134. The van der Waals surface area contributed by atoms with Crippen molar-refractivity contribution in [2.24, 2.45) is 0 Å². The largest absolute Gasteiger partial charge is 0.456 e. The monoisotopic (exact) mass is 519 g/mol. The van der Waals surface area contributed by atoms with E-state index in [9.17, 15) is 0 Å². The van der Waals surface area contributed by atoms with Crippen LogP contribution in [-0.2, 0) is 0 Å². The maximum Gasteiger partial charge on any atom is 0.456 e. The van der Waals surface area contributed by atoms with Crippen molar-refractivity contribution >= 4 is 43.9 Å². The van der Waals surface area contributed by atoms with Gasteiger partial charge in [0.25, 0.3) is 0 Å². The highest BCUT2D eigenvalue weighted by atomic mass is 16.3. The van der Waals surface area contributed by atoms with E-state index in [0.29, 0.717) is 5.71 Å². The molecule has 40 heavy (non-hydrogen) atoms. The predicted molar refractivity (Wildman–Crippen MR) is 162 cm³/mol. The van der Waals surface area contributed by atoms with E-state index in [1.807, 2.05) is 6.07 Å². The molecule has 2 aromatic carbocycles. The van der Waals surface area contributed by atoms with Gasteiger partial charge in [0.15, 0.2) is 18.0 Å². The highest BCUT2D eigenvalue weighted by Gasteiger charge is 2.28. The molecule has 0 amide bonds. The summed E-state index contributed by atoms with van der Waals surface area (Å²) in [5.74, 6) is 1.05. The Morgan fingerprint density at radius 3 is 2.60 bits per heavy atom. The number of benzene rings is 2. The van der Waals surface area contributed by atoms with Crippen LogP contribution in [0.4, 0.5) is 0 Å². The van der Waals surface area contributed by atoms with Gasteiger partial charge >= 0.3 is 5.82 Å². The summed E-state index contributed by atoms with van der Waals surface area (Å²) >= 11 is 0. The summed E-state index contributed by atoms with van der Waals surface area (Å²) in [6.45, 7) is 6.32. The van der Waals surface area contributed by atoms with Crippen molar-refractivity contribution in [3.05, 3.63) is 133 Å². The van der Waals surface area contributed by atoms with E-state index in [-0.39, 0.29) is 0 Å². The molecule has 7 aromatic rings. The second-order valence-electron chi connectivity index (χ2n) is 10.1. The molecule has 0 aliphatic rings. The maximum absolute atomic E-state index is 6.35. The number of fused-ring (bicyclic) bond motifs is 7. The van der Waals surface area contributed by atoms with Crippen molar-refractivity contribution in [2.75, 3.05) is 0 Å². The predicted octanol–water partition coefficient (Wildman–Crippen LogP) is 8.10. The molecule has 0 N–H and O–H groups in total. The zero-order valence-corrected chi connectivity index (χ0v) is 22.8. The molecule has 7 rings (SSSR count). The van der Waals surface area contributed by atoms with E-state index >= 15 is 0 Å². The summed E-state index contributed by atoms with van der Waals surface area (Å²) in [7, 11) is 0. The Morgan fingerprint density at radius 1 is 0.850 bits per heavy atom. The molecule has 0 fully saturated rings. The average Bonchev–Trinajstić information content (AvgIpc) is 3.38. The Hall–Kier alpha value is -5.09. The maximum atomic E-state index is 6.35. The van der Waals surface area contributed by atoms with Gasteiger partial charge in [-0.05, 0) is 73.9 Å². The van der Waals surface area contributed by atoms with Crippen LogP contribution in [0.2, 0.25) is 0 Å². The van der Waals surface area contributed by atoms with Gasteiger partial charge < -0.3 is 4.42 Å². The fourth-order valence-corrected chi connectivity index (χ4v) is 5.79. The van der Waals surface area contributed by atoms with Gasteiger partial charge in [-0.3, -0.25) is 0 Å². The van der Waals surface area contributed by atoms with Crippen molar-refractivity contribution in [1.82, 2.24) is 4.98 Å². The summed E-state index contributed by atoms with van der Waals surface area (Å²) in [6.07, 6.45) is 12.5. The SMILES string of the molecule is C/C=C\C(=C/C)c1ccc(C)c(-c2cccc[n+]2-c2cc3ccc4c5cccnc5oc4c3c3cccc[n+]23)c1. The molecule has 0 bridgehead atoms. The van der Waals surface area contributed by atoms with Gasteiger partial charge in [0.05, 0.1) is 17.0 Å². The molecule has 4 heteroatoms. The topological polar surface area (TPSA) is 34.0 Å². The number of rotatable bonds is 4. The molecule has 0 saturated carbocycles. The molecule has 0 spiro atoms. The van der Waals surface area contributed by atoms with E-state index < -0.39 is 0 Å². The van der Waals surface area contributed by atoms with Gasteiger partial charge in [-0.1, -0.05) is 36.4 Å². The Morgan fingerprint density at radius 2 is 1.73 bits per heavy atom. The van der Waals surface area contributed by atoms with Gasteiger partial charge in [-0.25, -0.2) is 4.98 Å². The Balaban J connectivity index is 1.52. The van der Waals surface area contributed by atoms with E-state index in [0.717, 1.165) is 44.2 Å². The Kier molecular flexibility index (Phi) is 5.75. The number of pyridine rings is 4. The van der Waals surface area contributed by atoms with Gasteiger partial charge in [0.2, 0.25) is 16.9 Å². The Labute approximate surface area is 232 Å². The lowest BCUT2D eigenvalue weighted by atomic mass is 9.97. The van der Waals surface area contributed by atoms with E-state index in [1.54, 1.807) is 6.20 Å². The van der Waals surface area contributed by atoms with Gasteiger partial charge in [0.1, 0.15) is 0 Å². The van der Waals surface area contributed by atoms with Crippen LogP contribution in [0.5, 0.6) is 0 Å². The number of nitrogens with zero attached hydrogens (tertiary/aromatic N) is 3. The smallest absolute Gasteiger partial charge is 0.437 e. The number of hydrogen-bond acceptors (Lipinski definition) is 2. The van der Waals surface area contributed by atoms with E-state index in [2.05, 4.69) is 144 Å². The zero-order valence-electron chi connectivity index (χ0n) is 22.8.